The zero-order valence-electron chi connectivity index (χ0n) is 41.3. The van der Waals surface area contributed by atoms with Gasteiger partial charge >= 0.3 is 5.97 Å². The quantitative estimate of drug-likeness (QED) is 0.0227. The molecule has 9 atom stereocenters. The van der Waals surface area contributed by atoms with Crippen molar-refractivity contribution in [1.82, 2.24) is 41.3 Å². The molecule has 412 valence electrons. The molecule has 5 heterocycles. The van der Waals surface area contributed by atoms with Crippen molar-refractivity contribution in [2.75, 3.05) is 45.9 Å². The summed E-state index contributed by atoms with van der Waals surface area (Å²) in [6.07, 6.45) is 0.908. The Labute approximate surface area is 440 Å². The van der Waals surface area contributed by atoms with Gasteiger partial charge in [0, 0.05) is 61.7 Å². The number of carboxylic acid groups (broad SMARTS) is 1. The molecular weight excluding hydrogens is 1020 g/mol. The average molecular weight is 1090 g/mol. The molecule has 0 saturated carbocycles. The first-order valence-corrected chi connectivity index (χ1v) is 26.4. The van der Waals surface area contributed by atoms with Crippen LogP contribution in [0.15, 0.2) is 45.0 Å². The highest BCUT2D eigenvalue weighted by atomic mass is 32.1. The van der Waals surface area contributed by atoms with Gasteiger partial charge in [0.25, 0.3) is 0 Å². The summed E-state index contributed by atoms with van der Waals surface area (Å²) in [5, 5.41) is 47.1. The summed E-state index contributed by atoms with van der Waals surface area (Å²) < 4.78 is 0. The van der Waals surface area contributed by atoms with Crippen LogP contribution in [-0.4, -0.2) is 195 Å². The minimum Gasteiger partial charge on any atom is -0.480 e. The molecule has 1 unspecified atom stereocenters. The van der Waals surface area contributed by atoms with Gasteiger partial charge in [-0.3, -0.25) is 48.3 Å². The molecule has 2 aromatic heterocycles. The summed E-state index contributed by atoms with van der Waals surface area (Å²) in [6, 6.07) is -2.83. The van der Waals surface area contributed by atoms with Crippen molar-refractivity contribution in [2.45, 2.75) is 125 Å². The van der Waals surface area contributed by atoms with Crippen molar-refractivity contribution in [3.05, 3.63) is 44.8 Å². The van der Waals surface area contributed by atoms with Crippen LogP contribution < -0.4 is 55.3 Å². The highest BCUT2D eigenvalue weighted by Crippen LogP contribution is 2.27. The van der Waals surface area contributed by atoms with E-state index < -0.39 is 121 Å². The Kier molecular flexibility index (Phi) is 22.5. The van der Waals surface area contributed by atoms with Crippen LogP contribution in [0, 0.1) is 0 Å². The van der Waals surface area contributed by atoms with Crippen molar-refractivity contribution >= 4 is 87.8 Å². The molecule has 0 bridgehead atoms. The number of thiophene rings is 2. The first-order valence-electron chi connectivity index (χ1n) is 24.6. The molecule has 2 aromatic rings. The first kappa shape index (κ1) is 58.9. The minimum absolute atomic E-state index is 0.00145. The number of likely N-dealkylation sites (tertiary alicyclic amines) is 3. The predicted molar refractivity (Wildman–Crippen MR) is 275 cm³/mol. The number of hydrogen-bond donors (Lipinski definition) is 13. The van der Waals surface area contributed by atoms with Crippen LogP contribution >= 0.6 is 22.7 Å². The molecule has 0 aromatic carbocycles. The predicted octanol–water partition coefficient (Wildman–Crippen LogP) is -4.89. The van der Waals surface area contributed by atoms with Crippen LogP contribution in [0.3, 0.4) is 0 Å². The van der Waals surface area contributed by atoms with E-state index >= 15 is 0 Å². The van der Waals surface area contributed by atoms with Crippen molar-refractivity contribution in [3.63, 3.8) is 0 Å². The molecule has 8 amide bonds. The number of aliphatic hydroxyl groups excluding tert-OH is 2. The van der Waals surface area contributed by atoms with E-state index in [1.54, 1.807) is 35.0 Å². The van der Waals surface area contributed by atoms with Crippen LogP contribution in [0.4, 0.5) is 0 Å². The molecule has 0 spiro atoms. The van der Waals surface area contributed by atoms with Crippen molar-refractivity contribution in [1.29, 1.82) is 0 Å². The number of aliphatic imine (C=N–C) groups is 2. The lowest BCUT2D eigenvalue weighted by Gasteiger charge is -2.32. The third-order valence-corrected chi connectivity index (χ3v) is 14.6. The average Bonchev–Trinajstić information content (AvgIpc) is 4.24. The van der Waals surface area contributed by atoms with Gasteiger partial charge in [-0.25, -0.2) is 4.79 Å². The summed E-state index contributed by atoms with van der Waals surface area (Å²) in [5.41, 5.74) is 27.6. The van der Waals surface area contributed by atoms with Gasteiger partial charge in [0.2, 0.25) is 47.3 Å². The number of β-amino-alcohol motifs (C(OH)–C–C–N with tert-alkyl or cyclic N) is 1. The van der Waals surface area contributed by atoms with E-state index in [0.717, 1.165) is 0 Å². The fraction of sp³-hybridized carbons (Fsp3) is 0.587. The molecule has 3 aliphatic rings. The van der Waals surface area contributed by atoms with Crippen molar-refractivity contribution in [3.8, 4) is 0 Å². The second-order valence-electron chi connectivity index (χ2n) is 18.4. The number of aliphatic carboxylic acids is 1. The van der Waals surface area contributed by atoms with E-state index in [1.807, 2.05) is 0 Å². The summed E-state index contributed by atoms with van der Waals surface area (Å²) >= 11 is 2.59. The van der Waals surface area contributed by atoms with Gasteiger partial charge in [0.1, 0.15) is 42.3 Å². The highest BCUT2D eigenvalue weighted by molar-refractivity contribution is 7.10. The third kappa shape index (κ3) is 17.3. The van der Waals surface area contributed by atoms with Gasteiger partial charge in [0.05, 0.1) is 25.3 Å². The van der Waals surface area contributed by atoms with Gasteiger partial charge in [-0.1, -0.05) is 12.1 Å². The van der Waals surface area contributed by atoms with E-state index in [1.165, 1.54) is 37.4 Å². The Bertz CT molecular complexity index is 2370. The van der Waals surface area contributed by atoms with E-state index in [0.29, 0.717) is 35.4 Å². The standard InChI is InChI=1S/C46H69N15O12S2/c47-28(9-1-13-52-45(48)49)41(69)60-16-4-12-34(60)43(71)61-23-25(63)19-35(61)39(67)54-22-36(64)55-30(20-26-7-5-17-74-26)37(65)58-32(24-62)42(70)59-15-3-11-33(59)40(68)57-31(21-27-8-6-18-75-27)38(66)56-29(44(72)73)10-2-14-53-46(50)51/h5-8,17-18,25,28-35,62-63H,1-4,9-16,19-24,47H2,(H,54,67)(H,55,64)(H,56,66)(H,57,68)(H,58,65)(H,72,73)(H4,48,49,52)(H4,50,51,53)/t25?,28-,29+,30+,31+,32+,33+,34+,35+/m1/s1. The molecule has 75 heavy (non-hydrogen) atoms. The smallest absolute Gasteiger partial charge is 0.326 e. The maximum atomic E-state index is 14.1. The molecule has 3 saturated heterocycles. The van der Waals surface area contributed by atoms with E-state index in [4.69, 9.17) is 28.7 Å². The Balaban J connectivity index is 1.20. The number of aliphatic hydroxyl groups is 2. The summed E-state index contributed by atoms with van der Waals surface area (Å²) in [6.45, 7) is -1.08. The van der Waals surface area contributed by atoms with E-state index in [2.05, 4.69) is 36.6 Å². The van der Waals surface area contributed by atoms with Crippen LogP contribution in [-0.2, 0) is 56.0 Å². The minimum atomic E-state index is -1.59. The Morgan fingerprint density at radius 1 is 0.680 bits per heavy atom. The van der Waals surface area contributed by atoms with Gasteiger partial charge in [-0.05, 0) is 74.3 Å². The number of nitrogens with two attached hydrogens (primary N) is 5. The second kappa shape index (κ2) is 28.6. The summed E-state index contributed by atoms with van der Waals surface area (Å²) in [7, 11) is 0. The number of amides is 8. The molecule has 0 radical (unpaired) electrons. The maximum Gasteiger partial charge on any atom is 0.326 e. The molecule has 27 nitrogen and oxygen atoms in total. The lowest BCUT2D eigenvalue weighted by molar-refractivity contribution is -0.147. The second-order valence-corrected chi connectivity index (χ2v) is 20.5. The largest absolute Gasteiger partial charge is 0.480 e. The molecule has 0 aliphatic carbocycles. The normalized spacial score (nSPS) is 20.2. The number of carboxylic acids is 1. The van der Waals surface area contributed by atoms with E-state index in [9.17, 15) is 58.5 Å². The number of nitrogens with one attached hydrogen (secondary N) is 5. The van der Waals surface area contributed by atoms with Crippen LogP contribution in [0.25, 0.3) is 0 Å². The molecular formula is C46H69N15O12S2. The number of carbonyl (C=O) groups excluding carboxylic acids is 8. The van der Waals surface area contributed by atoms with Gasteiger partial charge in [-0.2, -0.15) is 0 Å². The zero-order chi connectivity index (χ0) is 54.8. The fourth-order valence-corrected chi connectivity index (χ4v) is 10.6. The molecule has 3 aliphatic heterocycles. The maximum absolute atomic E-state index is 14.1. The van der Waals surface area contributed by atoms with Crippen molar-refractivity contribution < 1.29 is 58.5 Å². The Morgan fingerprint density at radius 3 is 1.77 bits per heavy atom. The van der Waals surface area contributed by atoms with Gasteiger partial charge < -0.3 is 85.3 Å². The van der Waals surface area contributed by atoms with Crippen LogP contribution in [0.1, 0.15) is 67.5 Å². The molecule has 29 heteroatoms. The first-order chi connectivity index (χ1) is 35.8. The summed E-state index contributed by atoms with van der Waals surface area (Å²) in [4.78, 5) is 135. The molecule has 18 N–H and O–H groups in total. The Hall–Kier alpha value is -6.95. The number of guanidine groups is 2. The lowest BCUT2D eigenvalue weighted by atomic mass is 10.1. The van der Waals surface area contributed by atoms with Gasteiger partial charge in [0.15, 0.2) is 11.9 Å². The van der Waals surface area contributed by atoms with Crippen molar-refractivity contribution in [2.24, 2.45) is 38.7 Å². The monoisotopic (exact) mass is 1090 g/mol. The Morgan fingerprint density at radius 2 is 1.23 bits per heavy atom. The molecule has 3 fully saturated rings. The number of carbonyl (C=O) groups is 9. The lowest BCUT2D eigenvalue weighted by Crippen LogP contribution is -2.60. The third-order valence-electron chi connectivity index (χ3n) is 12.8. The number of rotatable bonds is 27. The fourth-order valence-electron chi connectivity index (χ4n) is 9.11. The summed E-state index contributed by atoms with van der Waals surface area (Å²) in [5.74, 6) is -7.41. The SMILES string of the molecule is NC(N)=NCCC[C@@H](N)C(=O)N1CCC[C@H]1C(=O)N1CC(O)C[C@H]1C(=O)NCC(=O)N[C@@H](Cc1cccs1)C(=O)N[C@@H](CO)C(=O)N1CCC[C@H]1C(=O)N[C@@H](Cc1cccs1)C(=O)N[C@@H](CCCN=C(N)N)C(=O)O. The van der Waals surface area contributed by atoms with Crippen LogP contribution in [0.2, 0.25) is 0 Å². The number of hydrogen-bond acceptors (Lipinski definition) is 16. The van der Waals surface area contributed by atoms with E-state index in [-0.39, 0.29) is 89.6 Å². The van der Waals surface area contributed by atoms with Gasteiger partial charge in [-0.15, -0.1) is 22.7 Å². The van der Waals surface area contributed by atoms with Crippen LogP contribution in [0.5, 0.6) is 0 Å². The number of nitrogens with zero attached hydrogens (tertiary/aromatic N) is 5. The highest BCUT2D eigenvalue weighted by Gasteiger charge is 2.46. The topological polar surface area (TPSA) is 439 Å². The molecule has 5 rings (SSSR count). The zero-order valence-corrected chi connectivity index (χ0v) is 43.0.